The van der Waals surface area contributed by atoms with E-state index in [1.54, 1.807) is 0 Å². The normalized spacial score (nSPS) is 27.1. The van der Waals surface area contributed by atoms with Crippen LogP contribution >= 0.6 is 0 Å². The van der Waals surface area contributed by atoms with Gasteiger partial charge >= 0.3 is 0 Å². The van der Waals surface area contributed by atoms with E-state index in [0.717, 1.165) is 17.1 Å². The van der Waals surface area contributed by atoms with E-state index in [9.17, 15) is 0 Å². The predicted molar refractivity (Wildman–Crippen MR) is 94.4 cm³/mol. The average molecular weight is 307 g/mol. The molecule has 0 atom stereocenters. The van der Waals surface area contributed by atoms with Crippen molar-refractivity contribution in [1.29, 1.82) is 0 Å². The summed E-state index contributed by atoms with van der Waals surface area (Å²) in [6.07, 6.45) is 10.1. The Balaban J connectivity index is 1.98. The zero-order chi connectivity index (χ0) is 15.8. The second-order valence-corrected chi connectivity index (χ2v) is 7.25. The number of fused-ring (bicyclic) bond motifs is 1. The van der Waals surface area contributed by atoms with E-state index in [2.05, 4.69) is 24.3 Å². The second-order valence-electron chi connectivity index (χ2n) is 7.25. The van der Waals surface area contributed by atoms with Gasteiger partial charge in [-0.05, 0) is 19.2 Å². The van der Waals surface area contributed by atoms with Crippen LogP contribution in [-0.2, 0) is 4.65 Å². The van der Waals surface area contributed by atoms with Gasteiger partial charge in [0.1, 0.15) is 0 Å². The summed E-state index contributed by atoms with van der Waals surface area (Å²) in [6.45, 7) is 0. The summed E-state index contributed by atoms with van der Waals surface area (Å²) in [7, 11) is 1.87. The number of hydrogen-bond acceptors (Lipinski definition) is 3. The molecule has 120 valence electrons. The minimum atomic E-state index is -1.40. The molecule has 0 aliphatic heterocycles. The van der Waals surface area contributed by atoms with Gasteiger partial charge in [-0.25, -0.2) is 0 Å². The molecule has 23 heavy (non-hydrogen) atoms. The monoisotopic (exact) mass is 307 g/mol. The third-order valence-electron chi connectivity index (χ3n) is 6.57. The maximum Gasteiger partial charge on any atom is 0.213 e. The zero-order valence-electron chi connectivity index (χ0n) is 13.8. The Kier molecular flexibility index (Phi) is 3.72. The Hall–Kier alpha value is -1.68. The average Bonchev–Trinajstić information content (AvgIpc) is 3.19. The molecule has 0 N–H and O–H groups in total. The number of rotatable bonds is 4. The summed E-state index contributed by atoms with van der Waals surface area (Å²) in [4.78, 5) is 9.52. The predicted octanol–water partition coefficient (Wildman–Crippen LogP) is 2.91. The largest absolute Gasteiger partial charge is 0.583 e. The first-order valence-electron chi connectivity index (χ1n) is 8.86. The van der Waals surface area contributed by atoms with Gasteiger partial charge in [0.25, 0.3) is 0 Å². The van der Waals surface area contributed by atoms with Gasteiger partial charge in [-0.2, -0.15) is 0 Å². The van der Waals surface area contributed by atoms with Crippen molar-refractivity contribution in [2.75, 3.05) is 7.11 Å². The van der Waals surface area contributed by atoms with E-state index in [1.165, 1.54) is 38.5 Å². The van der Waals surface area contributed by atoms with E-state index in [0.29, 0.717) is 0 Å². The highest BCUT2D eigenvalue weighted by atomic mass is 16.4. The Morgan fingerprint density at radius 1 is 0.957 bits per heavy atom. The molecule has 4 heteroatoms. The van der Waals surface area contributed by atoms with E-state index >= 15 is 0 Å². The van der Waals surface area contributed by atoms with Gasteiger partial charge in [-0.1, -0.05) is 79.9 Å². The fraction of sp³-hybridized carbons (Fsp3) is 0.474. The molecule has 0 aromatic carbocycles. The molecule has 2 fully saturated rings. The van der Waals surface area contributed by atoms with Crippen LogP contribution in [0.2, 0.25) is 5.31 Å². The fourth-order valence-corrected chi connectivity index (χ4v) is 5.80. The first-order chi connectivity index (χ1) is 11.3. The molecule has 2 saturated carbocycles. The van der Waals surface area contributed by atoms with Gasteiger partial charge < -0.3 is 14.6 Å². The summed E-state index contributed by atoms with van der Waals surface area (Å²) in [5.74, 6) is 0.742. The van der Waals surface area contributed by atoms with Gasteiger partial charge in [0.05, 0.1) is 0 Å². The smallest absolute Gasteiger partial charge is 0.213 e. The van der Waals surface area contributed by atoms with Gasteiger partial charge in [0.2, 0.25) is 6.35 Å². The summed E-state index contributed by atoms with van der Waals surface area (Å²) in [5.41, 5.74) is 2.14. The highest BCUT2D eigenvalue weighted by Crippen LogP contribution is 2.64. The van der Waals surface area contributed by atoms with Crippen molar-refractivity contribution in [1.82, 2.24) is 9.97 Å². The van der Waals surface area contributed by atoms with E-state index < -0.39 is 6.35 Å². The van der Waals surface area contributed by atoms with Crippen LogP contribution in [0.3, 0.4) is 0 Å². The standard InChI is InChI=1S/C19H24BN2O/c1-23-20(17-10-2-4-14-21-17,18-11-3-5-15-22-18)19-12-6-8-16(19)9-7-13-19/h2-5,10-11,14-16H,6-9,12-13H2,1H3/q-1. The molecule has 0 bridgehead atoms. The van der Waals surface area contributed by atoms with Gasteiger partial charge in [0, 0.05) is 12.4 Å². The number of nitrogens with zero attached hydrogens (tertiary/aromatic N) is 2. The fourth-order valence-electron chi connectivity index (χ4n) is 5.80. The first-order valence-corrected chi connectivity index (χ1v) is 8.86. The molecule has 2 aromatic heterocycles. The highest BCUT2D eigenvalue weighted by Gasteiger charge is 2.57. The minimum Gasteiger partial charge on any atom is -0.583 e. The van der Waals surface area contributed by atoms with E-state index in [-0.39, 0.29) is 5.31 Å². The van der Waals surface area contributed by atoms with Crippen molar-refractivity contribution < 1.29 is 4.65 Å². The van der Waals surface area contributed by atoms with Crippen LogP contribution in [0.25, 0.3) is 0 Å². The summed E-state index contributed by atoms with van der Waals surface area (Å²) in [5, 5.41) is 0.192. The quantitative estimate of drug-likeness (QED) is 0.815. The molecule has 0 saturated heterocycles. The third kappa shape index (κ3) is 2.01. The SMILES string of the molecule is CO[B-](c1ccccn1)(c1ccccn1)C12CCCC1CCC2. The molecular weight excluding hydrogens is 283 g/mol. The Bertz CT molecular complexity index is 612. The zero-order valence-corrected chi connectivity index (χ0v) is 13.8. The molecule has 4 rings (SSSR count). The molecule has 2 aliphatic carbocycles. The van der Waals surface area contributed by atoms with E-state index in [4.69, 9.17) is 14.6 Å². The topological polar surface area (TPSA) is 35.0 Å². The molecule has 2 heterocycles. The molecular formula is C19H24BN2O-. The van der Waals surface area contributed by atoms with Crippen LogP contribution in [0, 0.1) is 5.92 Å². The van der Waals surface area contributed by atoms with Crippen LogP contribution in [0.4, 0.5) is 0 Å². The van der Waals surface area contributed by atoms with Crippen LogP contribution in [0.5, 0.6) is 0 Å². The number of aromatic nitrogens is 2. The summed E-state index contributed by atoms with van der Waals surface area (Å²) >= 11 is 0. The summed E-state index contributed by atoms with van der Waals surface area (Å²) in [6, 6.07) is 12.4. The Morgan fingerprint density at radius 2 is 1.52 bits per heavy atom. The molecule has 0 amide bonds. The molecule has 0 radical (unpaired) electrons. The summed E-state index contributed by atoms with van der Waals surface area (Å²) < 4.78 is 6.44. The maximum absolute atomic E-state index is 6.44. The van der Waals surface area contributed by atoms with Gasteiger partial charge in [-0.15, -0.1) is 5.31 Å². The lowest BCUT2D eigenvalue weighted by Crippen LogP contribution is -2.70. The lowest BCUT2D eigenvalue weighted by atomic mass is 9.20. The van der Waals surface area contributed by atoms with Crippen molar-refractivity contribution >= 4 is 17.5 Å². The number of hydrogen-bond donors (Lipinski definition) is 0. The Morgan fingerprint density at radius 3 is 1.96 bits per heavy atom. The number of pyridine rings is 2. The van der Waals surface area contributed by atoms with Crippen molar-refractivity contribution in [2.24, 2.45) is 5.92 Å². The molecule has 2 aliphatic rings. The van der Waals surface area contributed by atoms with Crippen LogP contribution < -0.4 is 11.2 Å². The lowest BCUT2D eigenvalue weighted by Gasteiger charge is -2.54. The first kappa shape index (κ1) is 14.9. The minimum absolute atomic E-state index is 0.192. The highest BCUT2D eigenvalue weighted by molar-refractivity contribution is 6.98. The van der Waals surface area contributed by atoms with Crippen LogP contribution in [0.1, 0.15) is 38.5 Å². The van der Waals surface area contributed by atoms with Crippen LogP contribution in [0.15, 0.2) is 48.8 Å². The second kappa shape index (κ2) is 5.75. The molecule has 3 nitrogen and oxygen atoms in total. The van der Waals surface area contributed by atoms with Crippen molar-refractivity contribution in [3.63, 3.8) is 0 Å². The maximum atomic E-state index is 6.44. The molecule has 2 aromatic rings. The van der Waals surface area contributed by atoms with E-state index in [1.807, 2.05) is 31.6 Å². The van der Waals surface area contributed by atoms with Crippen molar-refractivity contribution in [3.05, 3.63) is 48.8 Å². The Labute approximate surface area is 138 Å². The van der Waals surface area contributed by atoms with Crippen LogP contribution in [-0.4, -0.2) is 23.4 Å². The lowest BCUT2D eigenvalue weighted by molar-refractivity contribution is 0.338. The van der Waals surface area contributed by atoms with Gasteiger partial charge in [-0.3, -0.25) is 0 Å². The van der Waals surface area contributed by atoms with Crippen molar-refractivity contribution in [3.8, 4) is 0 Å². The van der Waals surface area contributed by atoms with Gasteiger partial charge in [0.15, 0.2) is 0 Å². The third-order valence-corrected chi connectivity index (χ3v) is 6.57. The molecule has 0 spiro atoms. The van der Waals surface area contributed by atoms with Crippen molar-refractivity contribution in [2.45, 2.75) is 43.8 Å². The molecule has 0 unspecified atom stereocenters.